The first-order chi connectivity index (χ1) is 16.0. The molecule has 1 aromatic carbocycles. The van der Waals surface area contributed by atoms with E-state index in [0.717, 1.165) is 49.6 Å². The number of hydrogen-bond donors (Lipinski definition) is 1. The van der Waals surface area contributed by atoms with E-state index in [2.05, 4.69) is 42.1 Å². The van der Waals surface area contributed by atoms with Crippen LogP contribution >= 0.6 is 11.3 Å². The van der Waals surface area contributed by atoms with Gasteiger partial charge in [0.1, 0.15) is 0 Å². The molecule has 0 bridgehead atoms. The van der Waals surface area contributed by atoms with Crippen LogP contribution in [0.3, 0.4) is 0 Å². The second-order valence-corrected chi connectivity index (χ2v) is 10.6. The molecule has 1 saturated heterocycles. The van der Waals surface area contributed by atoms with Gasteiger partial charge in [0.2, 0.25) is 5.91 Å². The minimum Gasteiger partial charge on any atom is -0.355 e. The fourth-order valence-corrected chi connectivity index (χ4v) is 5.82. The third-order valence-electron chi connectivity index (χ3n) is 6.66. The molecule has 2 atom stereocenters. The van der Waals surface area contributed by atoms with E-state index in [1.807, 2.05) is 40.6 Å². The summed E-state index contributed by atoms with van der Waals surface area (Å²) in [6, 6.07) is 11.4. The van der Waals surface area contributed by atoms with Crippen LogP contribution in [-0.4, -0.2) is 79.4 Å². The van der Waals surface area contributed by atoms with E-state index in [1.54, 1.807) is 11.3 Å². The molecular weight excluding hydrogens is 432 g/mol. The third-order valence-corrected chi connectivity index (χ3v) is 7.61. The number of hydrogen-bond acceptors (Lipinski definition) is 5. The number of nitrogens with zero attached hydrogens (tertiary/aromatic N) is 3. The number of carbonyl (C=O) groups excluding carboxylic acids is 2. The highest BCUT2D eigenvalue weighted by Crippen LogP contribution is 2.44. The zero-order valence-corrected chi connectivity index (χ0v) is 20.8. The van der Waals surface area contributed by atoms with E-state index >= 15 is 0 Å². The molecule has 1 N–H and O–H groups in total. The Morgan fingerprint density at radius 3 is 2.58 bits per heavy atom. The number of fused-ring (bicyclic) bond motifs is 1. The Hall–Kier alpha value is -2.22. The average molecular weight is 469 g/mol. The van der Waals surface area contributed by atoms with Gasteiger partial charge >= 0.3 is 0 Å². The first kappa shape index (κ1) is 23.9. The molecule has 178 valence electrons. The zero-order chi connectivity index (χ0) is 23.4. The van der Waals surface area contributed by atoms with Crippen LogP contribution in [0.15, 0.2) is 41.8 Å². The van der Waals surface area contributed by atoms with Gasteiger partial charge in [0, 0.05) is 49.7 Å². The van der Waals surface area contributed by atoms with Crippen molar-refractivity contribution in [3.8, 4) is 0 Å². The molecule has 3 heterocycles. The summed E-state index contributed by atoms with van der Waals surface area (Å²) in [6.07, 6.45) is 0.933. The van der Waals surface area contributed by atoms with E-state index in [9.17, 15) is 9.59 Å². The van der Waals surface area contributed by atoms with Gasteiger partial charge in [0.05, 0.1) is 12.0 Å². The molecule has 2 aliphatic rings. The van der Waals surface area contributed by atoms with Crippen LogP contribution < -0.4 is 5.32 Å². The van der Waals surface area contributed by atoms with E-state index < -0.39 is 5.92 Å². The number of amides is 2. The van der Waals surface area contributed by atoms with Crippen LogP contribution in [0.4, 0.5) is 0 Å². The number of piperazine rings is 1. The molecule has 1 fully saturated rings. The SMILES string of the molecule is CC(C)CN1C(=O)c2ccccc2[C@H](C(=O)NCCCN2CCN(C)CC2)[C@@H]1c1cccs1. The Morgan fingerprint density at radius 1 is 1.12 bits per heavy atom. The summed E-state index contributed by atoms with van der Waals surface area (Å²) < 4.78 is 0. The smallest absolute Gasteiger partial charge is 0.254 e. The number of rotatable bonds is 8. The molecule has 1 aromatic heterocycles. The maximum atomic E-state index is 13.6. The lowest BCUT2D eigenvalue weighted by molar-refractivity contribution is -0.124. The zero-order valence-electron chi connectivity index (χ0n) is 20.0. The van der Waals surface area contributed by atoms with E-state index in [-0.39, 0.29) is 17.9 Å². The predicted octanol–water partition coefficient (Wildman–Crippen LogP) is 3.44. The lowest BCUT2D eigenvalue weighted by Gasteiger charge is -2.42. The highest BCUT2D eigenvalue weighted by Gasteiger charge is 2.44. The van der Waals surface area contributed by atoms with Gasteiger partial charge in [-0.1, -0.05) is 38.1 Å². The van der Waals surface area contributed by atoms with E-state index in [0.29, 0.717) is 24.6 Å². The highest BCUT2D eigenvalue weighted by atomic mass is 32.1. The van der Waals surface area contributed by atoms with Gasteiger partial charge in [0.15, 0.2) is 0 Å². The fourth-order valence-electron chi connectivity index (χ4n) is 4.94. The van der Waals surface area contributed by atoms with Crippen molar-refractivity contribution < 1.29 is 9.59 Å². The van der Waals surface area contributed by atoms with E-state index in [4.69, 9.17) is 0 Å². The maximum Gasteiger partial charge on any atom is 0.254 e. The summed E-state index contributed by atoms with van der Waals surface area (Å²) in [5.41, 5.74) is 1.50. The summed E-state index contributed by atoms with van der Waals surface area (Å²) in [6.45, 7) is 10.9. The summed E-state index contributed by atoms with van der Waals surface area (Å²) >= 11 is 1.62. The van der Waals surface area contributed by atoms with Gasteiger partial charge in [-0.15, -0.1) is 11.3 Å². The van der Waals surface area contributed by atoms with E-state index in [1.165, 1.54) is 0 Å². The van der Waals surface area contributed by atoms with Gasteiger partial charge in [-0.25, -0.2) is 0 Å². The van der Waals surface area contributed by atoms with Crippen LogP contribution in [0.5, 0.6) is 0 Å². The van der Waals surface area contributed by atoms with Crippen molar-refractivity contribution in [3.05, 3.63) is 57.8 Å². The average Bonchev–Trinajstić information content (AvgIpc) is 3.33. The number of carbonyl (C=O) groups is 2. The number of nitrogens with one attached hydrogen (secondary N) is 1. The standard InChI is InChI=1S/C26H36N4O2S/c1-19(2)18-30-24(22-10-6-17-33-22)23(20-8-4-5-9-21(20)26(30)32)25(31)27-11-7-12-29-15-13-28(3)14-16-29/h4-6,8-10,17,19,23-24H,7,11-16,18H2,1-3H3,(H,27,31)/t23-,24-/m0/s1. The first-order valence-electron chi connectivity index (χ1n) is 12.1. The molecule has 4 rings (SSSR count). The van der Waals surface area contributed by atoms with Crippen molar-refractivity contribution in [1.82, 2.24) is 20.0 Å². The molecule has 2 aliphatic heterocycles. The van der Waals surface area contributed by atoms with Crippen molar-refractivity contribution in [3.63, 3.8) is 0 Å². The summed E-state index contributed by atoms with van der Waals surface area (Å²) in [5, 5.41) is 5.24. The van der Waals surface area contributed by atoms with Gasteiger partial charge < -0.3 is 20.0 Å². The molecule has 2 aromatic rings. The summed E-state index contributed by atoms with van der Waals surface area (Å²) in [7, 11) is 2.16. The topological polar surface area (TPSA) is 55.9 Å². The third kappa shape index (κ3) is 5.48. The molecule has 6 nitrogen and oxygen atoms in total. The second kappa shape index (κ2) is 10.8. The summed E-state index contributed by atoms with van der Waals surface area (Å²) in [5.74, 6) is -0.0498. The molecule has 0 saturated carbocycles. The Kier molecular flexibility index (Phi) is 7.83. The highest BCUT2D eigenvalue weighted by molar-refractivity contribution is 7.10. The minimum absolute atomic E-state index is 0.0143. The predicted molar refractivity (Wildman–Crippen MR) is 134 cm³/mol. The van der Waals surface area contributed by atoms with Crippen LogP contribution in [0.1, 0.15) is 53.0 Å². The molecule has 0 spiro atoms. The molecule has 0 aliphatic carbocycles. The molecule has 7 heteroatoms. The quantitative estimate of drug-likeness (QED) is 0.603. The van der Waals surface area contributed by atoms with Gasteiger partial charge in [-0.3, -0.25) is 9.59 Å². The fraction of sp³-hybridized carbons (Fsp3) is 0.538. The maximum absolute atomic E-state index is 13.6. The van der Waals surface area contributed by atoms with Crippen molar-refractivity contribution in [1.29, 1.82) is 0 Å². The Bertz CT molecular complexity index is 938. The van der Waals surface area contributed by atoms with Crippen LogP contribution in [0, 0.1) is 5.92 Å². The first-order valence-corrected chi connectivity index (χ1v) is 13.0. The molecule has 0 radical (unpaired) electrons. The lowest BCUT2D eigenvalue weighted by atomic mass is 9.81. The molecule has 2 amide bonds. The Labute approximate surface area is 201 Å². The van der Waals surface area contributed by atoms with Gasteiger partial charge in [0.25, 0.3) is 5.91 Å². The molecule has 33 heavy (non-hydrogen) atoms. The van der Waals surface area contributed by atoms with Crippen molar-refractivity contribution >= 4 is 23.2 Å². The van der Waals surface area contributed by atoms with Crippen molar-refractivity contribution in [2.45, 2.75) is 32.2 Å². The largest absolute Gasteiger partial charge is 0.355 e. The monoisotopic (exact) mass is 468 g/mol. The lowest BCUT2D eigenvalue weighted by Crippen LogP contribution is -2.48. The minimum atomic E-state index is -0.403. The van der Waals surface area contributed by atoms with Crippen molar-refractivity contribution in [2.24, 2.45) is 5.92 Å². The van der Waals surface area contributed by atoms with Crippen LogP contribution in [0.2, 0.25) is 0 Å². The van der Waals surface area contributed by atoms with Gasteiger partial charge in [-0.2, -0.15) is 0 Å². The van der Waals surface area contributed by atoms with Crippen LogP contribution in [-0.2, 0) is 4.79 Å². The second-order valence-electron chi connectivity index (χ2n) is 9.67. The number of benzene rings is 1. The molecule has 0 unspecified atom stereocenters. The van der Waals surface area contributed by atoms with Crippen LogP contribution in [0.25, 0.3) is 0 Å². The summed E-state index contributed by atoms with van der Waals surface area (Å²) in [4.78, 5) is 34.9. The number of thiophene rings is 1. The van der Waals surface area contributed by atoms with Crippen molar-refractivity contribution in [2.75, 3.05) is 52.9 Å². The molecular formula is C26H36N4O2S. The van der Waals surface area contributed by atoms with Gasteiger partial charge in [-0.05, 0) is 49.0 Å². The normalized spacial score (nSPS) is 21.9. The Morgan fingerprint density at radius 2 is 1.88 bits per heavy atom. The number of likely N-dealkylation sites (N-methyl/N-ethyl adjacent to an activating group) is 1. The Balaban J connectivity index is 1.52.